The number of rotatable bonds is 12. The summed E-state index contributed by atoms with van der Waals surface area (Å²) >= 11 is 7.86. The average Bonchev–Trinajstić information content (AvgIpc) is 3.43. The molecule has 3 aromatic carbocycles. The molecule has 0 radical (unpaired) electrons. The highest BCUT2D eigenvalue weighted by Crippen LogP contribution is 2.40. The number of methoxy groups -OCH3 is 1. The van der Waals surface area contributed by atoms with E-state index in [0.29, 0.717) is 57.9 Å². The molecule has 0 saturated heterocycles. The molecule has 1 unspecified atom stereocenters. The van der Waals surface area contributed by atoms with Gasteiger partial charge in [-0.25, -0.2) is 9.48 Å². The first kappa shape index (κ1) is 32.4. The molecule has 8 nitrogen and oxygen atoms in total. The molecule has 4 aromatic rings. The molecule has 1 N–H and O–H groups in total. The average molecular weight is 647 g/mol. The number of thioether (sulfide) groups is 1. The first-order valence-corrected chi connectivity index (χ1v) is 16.4. The van der Waals surface area contributed by atoms with Crippen LogP contribution in [0.5, 0.6) is 11.5 Å². The summed E-state index contributed by atoms with van der Waals surface area (Å²) in [5.74, 6) is 1.91. The molecule has 236 valence electrons. The number of halogens is 1. The summed E-state index contributed by atoms with van der Waals surface area (Å²) in [5.41, 5.74) is 7.68. The van der Waals surface area contributed by atoms with E-state index in [1.165, 1.54) is 28.5 Å². The summed E-state index contributed by atoms with van der Waals surface area (Å²) in [4.78, 5) is 18.3. The predicted molar refractivity (Wildman–Crippen MR) is 179 cm³/mol. The van der Waals surface area contributed by atoms with E-state index in [0.717, 1.165) is 29.5 Å². The van der Waals surface area contributed by atoms with Gasteiger partial charge in [0.05, 0.1) is 19.3 Å². The second-order valence-electron chi connectivity index (χ2n) is 11.2. The van der Waals surface area contributed by atoms with Crippen molar-refractivity contribution in [3.63, 3.8) is 0 Å². The van der Waals surface area contributed by atoms with Crippen LogP contribution in [-0.4, -0.2) is 34.5 Å². The molecule has 10 heteroatoms. The quantitative estimate of drug-likeness (QED) is 0.0933. The smallest absolute Gasteiger partial charge is 0.338 e. The molecular weight excluding hydrogens is 608 g/mol. The fourth-order valence-corrected chi connectivity index (χ4v) is 6.33. The molecule has 1 aliphatic heterocycles. The molecule has 0 saturated carbocycles. The van der Waals surface area contributed by atoms with Crippen molar-refractivity contribution >= 4 is 35.3 Å². The van der Waals surface area contributed by atoms with Crippen LogP contribution in [0.2, 0.25) is 5.02 Å². The number of benzene rings is 3. The van der Waals surface area contributed by atoms with Gasteiger partial charge in [0.1, 0.15) is 12.6 Å². The van der Waals surface area contributed by atoms with Crippen LogP contribution in [-0.2, 0) is 21.9 Å². The van der Waals surface area contributed by atoms with Gasteiger partial charge in [0, 0.05) is 16.5 Å². The second kappa shape index (κ2) is 14.4. The number of esters is 1. The first-order valence-electron chi connectivity index (χ1n) is 15.0. The van der Waals surface area contributed by atoms with Crippen LogP contribution in [0.25, 0.3) is 0 Å². The van der Waals surface area contributed by atoms with Gasteiger partial charge in [-0.1, -0.05) is 73.1 Å². The molecule has 0 amide bonds. The van der Waals surface area contributed by atoms with Crippen molar-refractivity contribution in [2.24, 2.45) is 0 Å². The van der Waals surface area contributed by atoms with Crippen molar-refractivity contribution in [2.45, 2.75) is 71.0 Å². The number of hydrogen-bond acceptors (Lipinski definition) is 8. The maximum Gasteiger partial charge on any atom is 0.338 e. The molecule has 0 aliphatic carbocycles. The Bertz CT molecular complexity index is 1730. The minimum atomic E-state index is -0.595. The lowest BCUT2D eigenvalue weighted by Crippen LogP contribution is -2.29. The Labute approximate surface area is 274 Å². The van der Waals surface area contributed by atoms with Gasteiger partial charge in [-0.2, -0.15) is 4.98 Å². The van der Waals surface area contributed by atoms with Crippen molar-refractivity contribution in [1.29, 1.82) is 0 Å². The fraction of sp³-hybridized carbons (Fsp3) is 0.343. The molecule has 5 rings (SSSR count). The number of aryl methyl sites for hydroxylation is 3. The molecular formula is C35H39ClN4O4S. The lowest BCUT2D eigenvalue weighted by molar-refractivity contribution is -0.139. The molecule has 0 bridgehead atoms. The summed E-state index contributed by atoms with van der Waals surface area (Å²) in [6.07, 6.45) is 1.71. The highest BCUT2D eigenvalue weighted by atomic mass is 35.5. The van der Waals surface area contributed by atoms with E-state index in [4.69, 9.17) is 35.9 Å². The number of allylic oxidation sites excluding steroid dienone is 1. The standard InChI is InChI=1S/C35H39ClN4O4S/c1-7-8-15-43-33(41)31-24(5)37-34-38-35(45-20-26-11-9-10-12-28(26)36)39-40(34)32(31)25-13-14-29(30(18-25)42-6)44-19-27-17-22(3)21(2)16-23(27)4/h9-14,16-18,32H,7-8,15,19-20H2,1-6H3,(H,37,38,39). The van der Waals surface area contributed by atoms with Gasteiger partial charge < -0.3 is 19.5 Å². The third-order valence-electron chi connectivity index (χ3n) is 7.94. The Morgan fingerprint density at radius 1 is 1.00 bits per heavy atom. The first-order chi connectivity index (χ1) is 21.7. The van der Waals surface area contributed by atoms with Crippen LogP contribution in [0.1, 0.15) is 66.1 Å². The van der Waals surface area contributed by atoms with Crippen LogP contribution < -0.4 is 14.8 Å². The van der Waals surface area contributed by atoms with E-state index in [1.54, 1.807) is 11.8 Å². The Balaban J connectivity index is 1.47. The SMILES string of the molecule is CCCCOC(=O)C1=C(C)Nc2nc(SCc3ccccc3Cl)nn2C1c1ccc(OCc2cc(C)c(C)cc2C)c(OC)c1. The normalized spacial score (nSPS) is 14.2. The van der Waals surface area contributed by atoms with E-state index in [-0.39, 0.29) is 0 Å². The Morgan fingerprint density at radius 2 is 1.78 bits per heavy atom. The number of carbonyl (C=O) groups excluding carboxylic acids is 1. The van der Waals surface area contributed by atoms with Crippen molar-refractivity contribution < 1.29 is 19.0 Å². The van der Waals surface area contributed by atoms with E-state index < -0.39 is 12.0 Å². The third-order valence-corrected chi connectivity index (χ3v) is 9.19. The van der Waals surface area contributed by atoms with E-state index in [1.807, 2.05) is 49.4 Å². The second-order valence-corrected chi connectivity index (χ2v) is 12.5. The summed E-state index contributed by atoms with van der Waals surface area (Å²) in [6, 6.07) is 17.2. The van der Waals surface area contributed by atoms with Crippen LogP contribution in [0.4, 0.5) is 5.95 Å². The van der Waals surface area contributed by atoms with E-state index in [9.17, 15) is 4.79 Å². The zero-order chi connectivity index (χ0) is 32.1. The van der Waals surface area contributed by atoms with Crippen LogP contribution in [0.3, 0.4) is 0 Å². The van der Waals surface area contributed by atoms with Crippen molar-refractivity contribution in [3.05, 3.63) is 104 Å². The number of aromatic nitrogens is 3. The number of nitrogens with one attached hydrogen (secondary N) is 1. The molecule has 1 aliphatic rings. The van der Waals surface area contributed by atoms with Gasteiger partial charge in [-0.15, -0.1) is 5.10 Å². The molecule has 1 aromatic heterocycles. The van der Waals surface area contributed by atoms with Crippen LogP contribution in [0.15, 0.2) is 71.0 Å². The van der Waals surface area contributed by atoms with Gasteiger partial charge in [0.2, 0.25) is 11.1 Å². The summed E-state index contributed by atoms with van der Waals surface area (Å²) < 4.78 is 19.5. The summed E-state index contributed by atoms with van der Waals surface area (Å²) in [5, 5.41) is 9.38. The van der Waals surface area contributed by atoms with Gasteiger partial charge in [0.15, 0.2) is 11.5 Å². The fourth-order valence-electron chi connectivity index (χ4n) is 5.21. The number of unbranched alkanes of at least 4 members (excludes halogenated alkanes) is 1. The Morgan fingerprint density at radius 3 is 2.53 bits per heavy atom. The van der Waals surface area contributed by atoms with E-state index >= 15 is 0 Å². The van der Waals surface area contributed by atoms with Crippen LogP contribution >= 0.6 is 23.4 Å². The van der Waals surface area contributed by atoms with Gasteiger partial charge in [-0.05, 0) is 85.7 Å². The number of nitrogens with zero attached hydrogens (tertiary/aromatic N) is 3. The van der Waals surface area contributed by atoms with Crippen LogP contribution in [0, 0.1) is 20.8 Å². The Hall–Kier alpha value is -3.95. The van der Waals surface area contributed by atoms with Gasteiger partial charge in [-0.3, -0.25) is 0 Å². The summed E-state index contributed by atoms with van der Waals surface area (Å²) in [6.45, 7) is 11.0. The number of hydrogen-bond donors (Lipinski definition) is 1. The number of ether oxygens (including phenoxy) is 3. The maximum atomic E-state index is 13.5. The largest absolute Gasteiger partial charge is 0.493 e. The maximum absolute atomic E-state index is 13.5. The highest BCUT2D eigenvalue weighted by molar-refractivity contribution is 7.98. The zero-order valence-electron chi connectivity index (χ0n) is 26.6. The molecule has 45 heavy (non-hydrogen) atoms. The van der Waals surface area contributed by atoms with Gasteiger partial charge in [0.25, 0.3) is 0 Å². The van der Waals surface area contributed by atoms with Crippen molar-refractivity contribution in [2.75, 3.05) is 19.0 Å². The topological polar surface area (TPSA) is 87.5 Å². The summed E-state index contributed by atoms with van der Waals surface area (Å²) in [7, 11) is 1.61. The third kappa shape index (κ3) is 7.31. The molecule has 2 heterocycles. The molecule has 1 atom stereocenters. The lowest BCUT2D eigenvalue weighted by Gasteiger charge is -2.28. The monoisotopic (exact) mass is 646 g/mol. The highest BCUT2D eigenvalue weighted by Gasteiger charge is 2.36. The number of fused-ring (bicyclic) bond motifs is 1. The minimum absolute atomic E-state index is 0.343. The van der Waals surface area contributed by atoms with Gasteiger partial charge >= 0.3 is 5.97 Å². The number of carbonyl (C=O) groups is 1. The number of anilines is 1. The van der Waals surface area contributed by atoms with Crippen molar-refractivity contribution in [3.8, 4) is 11.5 Å². The Kier molecular flexibility index (Phi) is 10.4. The predicted octanol–water partition coefficient (Wildman–Crippen LogP) is 8.37. The zero-order valence-corrected chi connectivity index (χ0v) is 28.1. The van der Waals surface area contributed by atoms with Crippen molar-refractivity contribution in [1.82, 2.24) is 14.8 Å². The molecule has 0 fully saturated rings. The molecule has 0 spiro atoms. The van der Waals surface area contributed by atoms with E-state index in [2.05, 4.69) is 45.1 Å². The lowest BCUT2D eigenvalue weighted by atomic mass is 9.95. The minimum Gasteiger partial charge on any atom is -0.493 e.